The highest BCUT2D eigenvalue weighted by molar-refractivity contribution is 7.91. The molecule has 0 aliphatic carbocycles. The maximum Gasteiger partial charge on any atom is 0.266 e. The van der Waals surface area contributed by atoms with Crippen LogP contribution in [0.2, 0.25) is 0 Å². The Morgan fingerprint density at radius 1 is 1.23 bits per heavy atom. The van der Waals surface area contributed by atoms with Crippen LogP contribution in [0.3, 0.4) is 0 Å². The monoisotopic (exact) mass is 476 g/mol. The molecule has 0 atom stereocenters. The number of rotatable bonds is 7. The van der Waals surface area contributed by atoms with E-state index in [2.05, 4.69) is 29.8 Å². The van der Waals surface area contributed by atoms with Gasteiger partial charge in [-0.3, -0.25) is 10.0 Å². The Hall–Kier alpha value is -1.46. The lowest BCUT2D eigenvalue weighted by Gasteiger charge is -2.41. The van der Waals surface area contributed by atoms with Crippen molar-refractivity contribution in [2.75, 3.05) is 44.3 Å². The summed E-state index contributed by atoms with van der Waals surface area (Å²) < 4.78 is 31.6. The Bertz CT molecular complexity index is 820. The third kappa shape index (κ3) is 5.48. The number of hydrogen-bond acceptors (Lipinski definition) is 7. The molecular formula is C20H33ClN4O5S. The first-order valence-corrected chi connectivity index (χ1v) is 12.0. The van der Waals surface area contributed by atoms with Crippen molar-refractivity contribution in [1.82, 2.24) is 14.8 Å². The Kier molecular flexibility index (Phi) is 9.08. The standard InChI is InChI=1S/C20H32N4O5S.ClH/c1-16(2)3-4-17-5-6-18(21-15-17)23-9-11-24(12-10-23)30(27,28)20(19(25)22-26)7-13-29-14-8-20;/h5-6,15-16,26H,3-4,7-14H2,1-2H3,(H,22,25);1H. The van der Waals surface area contributed by atoms with E-state index >= 15 is 0 Å². The zero-order valence-corrected chi connectivity index (χ0v) is 19.8. The van der Waals surface area contributed by atoms with Crippen LogP contribution in [0.25, 0.3) is 0 Å². The van der Waals surface area contributed by atoms with Crippen molar-refractivity contribution >= 4 is 34.2 Å². The van der Waals surface area contributed by atoms with Gasteiger partial charge in [0.15, 0.2) is 4.75 Å². The summed E-state index contributed by atoms with van der Waals surface area (Å²) in [5.41, 5.74) is 2.76. The van der Waals surface area contributed by atoms with Gasteiger partial charge in [-0.05, 0) is 30.4 Å². The third-order valence-electron chi connectivity index (χ3n) is 6.03. The predicted octanol–water partition coefficient (Wildman–Crippen LogP) is 1.60. The fourth-order valence-electron chi connectivity index (χ4n) is 4.02. The summed E-state index contributed by atoms with van der Waals surface area (Å²) in [6.07, 6.45) is 4.06. The maximum absolute atomic E-state index is 13.3. The minimum absolute atomic E-state index is 0. The molecule has 2 aliphatic rings. The van der Waals surface area contributed by atoms with E-state index in [0.717, 1.165) is 18.7 Å². The van der Waals surface area contributed by atoms with Gasteiger partial charge in [-0.25, -0.2) is 18.9 Å². The third-order valence-corrected chi connectivity index (χ3v) is 8.66. The molecule has 3 heterocycles. The molecule has 11 heteroatoms. The molecule has 1 aromatic rings. The number of hydroxylamine groups is 1. The molecule has 0 unspecified atom stereocenters. The summed E-state index contributed by atoms with van der Waals surface area (Å²) in [5, 5.41) is 9.16. The van der Waals surface area contributed by atoms with Crippen LogP contribution in [0.4, 0.5) is 5.82 Å². The van der Waals surface area contributed by atoms with Crippen LogP contribution in [-0.2, 0) is 26.0 Å². The maximum atomic E-state index is 13.3. The van der Waals surface area contributed by atoms with Crippen LogP contribution in [0.15, 0.2) is 18.3 Å². The Labute approximate surface area is 190 Å². The van der Waals surface area contributed by atoms with Gasteiger partial charge in [0.25, 0.3) is 5.91 Å². The molecule has 2 N–H and O–H groups in total. The molecule has 0 spiro atoms. The number of nitrogens with one attached hydrogen (secondary N) is 1. The quantitative estimate of drug-likeness (QED) is 0.454. The topological polar surface area (TPSA) is 112 Å². The number of sulfonamides is 1. The summed E-state index contributed by atoms with van der Waals surface area (Å²) in [5.74, 6) is 0.591. The van der Waals surface area contributed by atoms with Gasteiger partial charge in [-0.2, -0.15) is 4.31 Å². The van der Waals surface area contributed by atoms with E-state index in [1.165, 1.54) is 9.87 Å². The van der Waals surface area contributed by atoms with Gasteiger partial charge in [0.1, 0.15) is 5.82 Å². The minimum Gasteiger partial charge on any atom is -0.381 e. The molecule has 2 fully saturated rings. The zero-order valence-electron chi connectivity index (χ0n) is 18.1. The summed E-state index contributed by atoms with van der Waals surface area (Å²) in [4.78, 5) is 19.0. The largest absolute Gasteiger partial charge is 0.381 e. The molecule has 3 rings (SSSR count). The Balaban J connectivity index is 0.00000341. The first kappa shape index (κ1) is 25.8. The molecule has 31 heavy (non-hydrogen) atoms. The number of amides is 1. The van der Waals surface area contributed by atoms with Gasteiger partial charge in [0.05, 0.1) is 0 Å². The lowest BCUT2D eigenvalue weighted by molar-refractivity contribution is -0.134. The van der Waals surface area contributed by atoms with E-state index < -0.39 is 20.7 Å². The predicted molar refractivity (Wildman–Crippen MR) is 120 cm³/mol. The van der Waals surface area contributed by atoms with Crippen molar-refractivity contribution < 1.29 is 23.2 Å². The number of carbonyl (C=O) groups is 1. The number of piperazine rings is 1. The van der Waals surface area contributed by atoms with E-state index in [9.17, 15) is 13.2 Å². The van der Waals surface area contributed by atoms with Crippen LogP contribution in [0, 0.1) is 5.92 Å². The first-order valence-electron chi connectivity index (χ1n) is 10.5. The van der Waals surface area contributed by atoms with Crippen molar-refractivity contribution in [3.8, 4) is 0 Å². The van der Waals surface area contributed by atoms with Gasteiger partial charge in [0, 0.05) is 58.4 Å². The fourth-order valence-corrected chi connectivity index (χ4v) is 6.12. The molecule has 9 nitrogen and oxygen atoms in total. The second-order valence-corrected chi connectivity index (χ2v) is 10.6. The first-order chi connectivity index (χ1) is 14.3. The second kappa shape index (κ2) is 10.9. The van der Waals surface area contributed by atoms with Gasteiger partial charge in [-0.15, -0.1) is 12.4 Å². The van der Waals surface area contributed by atoms with E-state index in [1.807, 2.05) is 12.3 Å². The number of aromatic nitrogens is 1. The SMILES string of the molecule is CC(C)CCc1ccc(N2CCN(S(=O)(=O)C3(C(=O)NO)CCOCC3)CC2)nc1.Cl. The Morgan fingerprint density at radius 3 is 2.39 bits per heavy atom. The van der Waals surface area contributed by atoms with Crippen molar-refractivity contribution in [3.05, 3.63) is 23.9 Å². The lowest BCUT2D eigenvalue weighted by Crippen LogP contribution is -2.62. The van der Waals surface area contributed by atoms with Crippen LogP contribution in [0.1, 0.15) is 38.7 Å². The molecular weight excluding hydrogens is 444 g/mol. The molecule has 0 saturated carbocycles. The molecule has 0 radical (unpaired) electrons. The molecule has 1 aromatic heterocycles. The smallest absolute Gasteiger partial charge is 0.266 e. The Morgan fingerprint density at radius 2 is 1.87 bits per heavy atom. The minimum atomic E-state index is -3.95. The molecule has 0 bridgehead atoms. The number of hydrogen-bond donors (Lipinski definition) is 2. The number of halogens is 1. The van der Waals surface area contributed by atoms with Crippen molar-refractivity contribution in [1.29, 1.82) is 0 Å². The number of anilines is 1. The van der Waals surface area contributed by atoms with Crippen LogP contribution in [-0.4, -0.2) is 73.0 Å². The van der Waals surface area contributed by atoms with Gasteiger partial charge >= 0.3 is 0 Å². The highest BCUT2D eigenvalue weighted by Gasteiger charge is 2.54. The number of carbonyl (C=O) groups excluding carboxylic acids is 1. The fraction of sp³-hybridized carbons (Fsp3) is 0.700. The van der Waals surface area contributed by atoms with Crippen LogP contribution >= 0.6 is 12.4 Å². The molecule has 1 amide bonds. The number of nitrogens with zero attached hydrogens (tertiary/aromatic N) is 3. The van der Waals surface area contributed by atoms with Gasteiger partial charge in [-0.1, -0.05) is 19.9 Å². The van der Waals surface area contributed by atoms with Crippen LogP contribution < -0.4 is 10.4 Å². The average molecular weight is 477 g/mol. The van der Waals surface area contributed by atoms with Crippen molar-refractivity contribution in [2.24, 2.45) is 5.92 Å². The van der Waals surface area contributed by atoms with Crippen LogP contribution in [0.5, 0.6) is 0 Å². The molecule has 2 saturated heterocycles. The summed E-state index contributed by atoms with van der Waals surface area (Å²) >= 11 is 0. The molecule has 0 aromatic carbocycles. The summed E-state index contributed by atoms with van der Waals surface area (Å²) in [6, 6.07) is 4.06. The van der Waals surface area contributed by atoms with Crippen molar-refractivity contribution in [2.45, 2.75) is 44.3 Å². The number of pyridine rings is 1. The highest BCUT2D eigenvalue weighted by Crippen LogP contribution is 2.33. The average Bonchev–Trinajstić information content (AvgIpc) is 2.78. The number of ether oxygens (including phenoxy) is 1. The van der Waals surface area contributed by atoms with E-state index in [-0.39, 0.29) is 51.6 Å². The zero-order chi connectivity index (χ0) is 21.8. The molecule has 176 valence electrons. The highest BCUT2D eigenvalue weighted by atomic mass is 35.5. The van der Waals surface area contributed by atoms with E-state index in [0.29, 0.717) is 19.0 Å². The van der Waals surface area contributed by atoms with Gasteiger partial charge < -0.3 is 9.64 Å². The van der Waals surface area contributed by atoms with Crippen molar-refractivity contribution in [3.63, 3.8) is 0 Å². The number of aryl methyl sites for hydroxylation is 1. The van der Waals surface area contributed by atoms with E-state index in [4.69, 9.17) is 9.94 Å². The second-order valence-electron chi connectivity index (χ2n) is 8.40. The lowest BCUT2D eigenvalue weighted by atomic mass is 9.98. The normalized spacial score (nSPS) is 19.7. The summed E-state index contributed by atoms with van der Waals surface area (Å²) in [7, 11) is -3.95. The summed E-state index contributed by atoms with van der Waals surface area (Å²) in [6.45, 7) is 6.24. The molecule has 2 aliphatic heterocycles. The van der Waals surface area contributed by atoms with E-state index in [1.54, 1.807) is 5.48 Å². The van der Waals surface area contributed by atoms with Gasteiger partial charge in [0.2, 0.25) is 10.0 Å².